The Balaban J connectivity index is 1.23. The number of rotatable bonds is 11. The monoisotopic (exact) mass is 576 g/mol. The van der Waals surface area contributed by atoms with Crippen molar-refractivity contribution in [3.05, 3.63) is 142 Å². The van der Waals surface area contributed by atoms with Crippen LogP contribution >= 0.6 is 0 Å². The van der Waals surface area contributed by atoms with Crippen LogP contribution < -0.4 is 10.3 Å². The van der Waals surface area contributed by atoms with Crippen molar-refractivity contribution in [2.45, 2.75) is 43.9 Å². The maximum absolute atomic E-state index is 14.0. The van der Waals surface area contributed by atoms with Crippen LogP contribution in [0.4, 0.5) is 0 Å². The van der Waals surface area contributed by atoms with Crippen LogP contribution in [0.2, 0.25) is 0 Å². The minimum absolute atomic E-state index is 0.0554. The highest BCUT2D eigenvalue weighted by Gasteiger charge is 2.64. The second-order valence-corrected chi connectivity index (χ2v) is 10.8. The molecule has 43 heavy (non-hydrogen) atoms. The molecule has 0 amide bonds. The Labute approximate surface area is 249 Å². The van der Waals surface area contributed by atoms with Gasteiger partial charge in [-0.15, -0.1) is 0 Å². The van der Waals surface area contributed by atoms with Crippen molar-refractivity contribution >= 4 is 10.9 Å². The molecular weight excluding hydrogens is 544 g/mol. The van der Waals surface area contributed by atoms with Gasteiger partial charge in [0.2, 0.25) is 5.72 Å². The molecule has 4 atom stereocenters. The molecular formula is C35H32N2O6. The van der Waals surface area contributed by atoms with E-state index in [9.17, 15) is 4.79 Å². The molecule has 4 aromatic carbocycles. The SMILES string of the molecule is O=c1c2ccccc2nc2n1C1(COCc3ccccc3)O[C@@H](COCc3ccccc3)[C@@H](OCc3ccccc3)[C@@H]1O2. The van der Waals surface area contributed by atoms with Crippen LogP contribution in [0.25, 0.3) is 10.9 Å². The Kier molecular flexibility index (Phi) is 7.74. The number of hydrogen-bond acceptors (Lipinski definition) is 7. The minimum atomic E-state index is -1.31. The lowest BCUT2D eigenvalue weighted by atomic mass is 10.0. The lowest BCUT2D eigenvalue weighted by molar-refractivity contribution is -0.166. The van der Waals surface area contributed by atoms with Crippen LogP contribution in [0.1, 0.15) is 16.7 Å². The molecule has 7 rings (SSSR count). The van der Waals surface area contributed by atoms with Crippen LogP contribution in [-0.2, 0) is 44.5 Å². The standard InChI is InChI=1S/C35H32N2O6/c38-33-28-18-10-11-19-29(28)36-34-37(33)35(24-40-21-26-14-6-2-7-15-26)32(42-34)31(41-22-27-16-8-3-9-17-27)30(43-35)23-39-20-25-12-4-1-5-13-25/h1-19,30-32H,20-24H2/t30-,31+,32-,35?/m0/s1. The summed E-state index contributed by atoms with van der Waals surface area (Å²) in [6, 6.07) is 37.2. The number of fused-ring (bicyclic) bond motifs is 4. The number of nitrogens with zero attached hydrogens (tertiary/aromatic N) is 2. The first kappa shape index (κ1) is 27.5. The maximum Gasteiger partial charge on any atom is 0.302 e. The largest absolute Gasteiger partial charge is 0.453 e. The van der Waals surface area contributed by atoms with Crippen LogP contribution in [0.15, 0.2) is 120 Å². The third kappa shape index (κ3) is 5.46. The maximum atomic E-state index is 14.0. The predicted octanol–water partition coefficient (Wildman–Crippen LogP) is 5.23. The van der Waals surface area contributed by atoms with E-state index in [0.29, 0.717) is 30.7 Å². The Morgan fingerprint density at radius 1 is 0.721 bits per heavy atom. The molecule has 5 aromatic rings. The summed E-state index contributed by atoms with van der Waals surface area (Å²) in [7, 11) is 0. The average molecular weight is 577 g/mol. The summed E-state index contributed by atoms with van der Waals surface area (Å²) >= 11 is 0. The highest BCUT2D eigenvalue weighted by Crippen LogP contribution is 2.46. The van der Waals surface area contributed by atoms with Gasteiger partial charge in [0.1, 0.15) is 12.2 Å². The molecule has 0 saturated carbocycles. The van der Waals surface area contributed by atoms with Crippen molar-refractivity contribution in [2.75, 3.05) is 13.2 Å². The minimum Gasteiger partial charge on any atom is -0.453 e. The van der Waals surface area contributed by atoms with Gasteiger partial charge in [-0.3, -0.25) is 4.79 Å². The van der Waals surface area contributed by atoms with Gasteiger partial charge in [-0.25, -0.2) is 4.57 Å². The smallest absolute Gasteiger partial charge is 0.302 e. The van der Waals surface area contributed by atoms with Crippen LogP contribution in [0, 0.1) is 0 Å². The molecule has 1 saturated heterocycles. The van der Waals surface area contributed by atoms with Gasteiger partial charge >= 0.3 is 6.01 Å². The van der Waals surface area contributed by atoms with Crippen molar-refractivity contribution in [1.82, 2.24) is 9.55 Å². The van der Waals surface area contributed by atoms with Crippen molar-refractivity contribution in [3.63, 3.8) is 0 Å². The zero-order valence-corrected chi connectivity index (χ0v) is 23.6. The molecule has 1 aromatic heterocycles. The molecule has 3 heterocycles. The summed E-state index contributed by atoms with van der Waals surface area (Å²) in [6.07, 6.45) is -1.81. The molecule has 1 fully saturated rings. The number of ether oxygens (including phenoxy) is 5. The van der Waals surface area contributed by atoms with E-state index in [0.717, 1.165) is 16.7 Å². The second kappa shape index (κ2) is 12.1. The fraction of sp³-hybridized carbons (Fsp3) is 0.257. The second-order valence-electron chi connectivity index (χ2n) is 10.8. The van der Waals surface area contributed by atoms with E-state index in [1.165, 1.54) is 4.57 Å². The molecule has 0 bridgehead atoms. The zero-order valence-electron chi connectivity index (χ0n) is 23.6. The summed E-state index contributed by atoms with van der Waals surface area (Å²) in [5.74, 6) is 0. The van der Waals surface area contributed by atoms with Gasteiger partial charge in [-0.05, 0) is 28.8 Å². The van der Waals surface area contributed by atoms with Gasteiger partial charge < -0.3 is 23.7 Å². The number of aromatic nitrogens is 2. The van der Waals surface area contributed by atoms with E-state index in [4.69, 9.17) is 28.7 Å². The number of benzene rings is 4. The van der Waals surface area contributed by atoms with Crippen molar-refractivity contribution in [1.29, 1.82) is 0 Å². The molecule has 0 aliphatic carbocycles. The van der Waals surface area contributed by atoms with E-state index in [2.05, 4.69) is 0 Å². The Bertz CT molecular complexity index is 1730. The Morgan fingerprint density at radius 2 is 1.30 bits per heavy atom. The lowest BCUT2D eigenvalue weighted by Crippen LogP contribution is -2.50. The summed E-state index contributed by atoms with van der Waals surface area (Å²) < 4.78 is 33.8. The molecule has 0 radical (unpaired) electrons. The van der Waals surface area contributed by atoms with Gasteiger partial charge in [0, 0.05) is 0 Å². The fourth-order valence-electron chi connectivity index (χ4n) is 5.85. The van der Waals surface area contributed by atoms with Crippen molar-refractivity contribution < 1.29 is 23.7 Å². The zero-order chi connectivity index (χ0) is 29.1. The predicted molar refractivity (Wildman–Crippen MR) is 160 cm³/mol. The third-order valence-electron chi connectivity index (χ3n) is 7.92. The van der Waals surface area contributed by atoms with Crippen molar-refractivity contribution in [2.24, 2.45) is 0 Å². The third-order valence-corrected chi connectivity index (χ3v) is 7.92. The molecule has 8 nitrogen and oxygen atoms in total. The average Bonchev–Trinajstić information content (AvgIpc) is 3.51. The van der Waals surface area contributed by atoms with Crippen LogP contribution in [-0.4, -0.2) is 41.1 Å². The summed E-state index contributed by atoms with van der Waals surface area (Å²) in [5.41, 5.74) is 2.08. The summed E-state index contributed by atoms with van der Waals surface area (Å²) in [6.45, 7) is 1.39. The summed E-state index contributed by atoms with van der Waals surface area (Å²) in [5, 5.41) is 0.479. The molecule has 0 spiro atoms. The van der Waals surface area contributed by atoms with E-state index >= 15 is 0 Å². The molecule has 218 valence electrons. The molecule has 2 aliphatic heterocycles. The van der Waals surface area contributed by atoms with E-state index in [1.54, 1.807) is 12.1 Å². The first-order valence-electron chi connectivity index (χ1n) is 14.5. The van der Waals surface area contributed by atoms with Gasteiger partial charge in [-0.2, -0.15) is 4.98 Å². The molecule has 0 N–H and O–H groups in total. The first-order chi connectivity index (χ1) is 21.2. The highest BCUT2D eigenvalue weighted by molar-refractivity contribution is 5.77. The number of para-hydroxylation sites is 1. The van der Waals surface area contributed by atoms with E-state index in [1.807, 2.05) is 103 Å². The number of hydrogen-bond donors (Lipinski definition) is 0. The van der Waals surface area contributed by atoms with Gasteiger partial charge in [0.25, 0.3) is 5.56 Å². The molecule has 2 aliphatic rings. The van der Waals surface area contributed by atoms with Gasteiger partial charge in [0.15, 0.2) is 6.10 Å². The quantitative estimate of drug-likeness (QED) is 0.213. The highest BCUT2D eigenvalue weighted by atomic mass is 16.7. The molecule has 8 heteroatoms. The Morgan fingerprint density at radius 3 is 1.98 bits per heavy atom. The summed E-state index contributed by atoms with van der Waals surface area (Å²) in [4.78, 5) is 18.7. The van der Waals surface area contributed by atoms with Crippen molar-refractivity contribution in [3.8, 4) is 6.01 Å². The van der Waals surface area contributed by atoms with E-state index < -0.39 is 24.0 Å². The molecule has 1 unspecified atom stereocenters. The van der Waals surface area contributed by atoms with E-state index in [-0.39, 0.29) is 24.8 Å². The van der Waals surface area contributed by atoms with Crippen LogP contribution in [0.5, 0.6) is 6.01 Å². The lowest BCUT2D eigenvalue weighted by Gasteiger charge is -2.28. The van der Waals surface area contributed by atoms with Gasteiger partial charge in [0.05, 0.1) is 43.9 Å². The van der Waals surface area contributed by atoms with Gasteiger partial charge in [-0.1, -0.05) is 103 Å². The normalized spacial score (nSPS) is 22.3. The first-order valence-corrected chi connectivity index (χ1v) is 14.5. The topological polar surface area (TPSA) is 81.0 Å². The Hall–Kier alpha value is -4.34. The fourth-order valence-corrected chi connectivity index (χ4v) is 5.85. The van der Waals surface area contributed by atoms with Crippen LogP contribution in [0.3, 0.4) is 0 Å².